The van der Waals surface area contributed by atoms with Crippen molar-refractivity contribution in [2.75, 3.05) is 24.6 Å². The summed E-state index contributed by atoms with van der Waals surface area (Å²) in [6.45, 7) is 2.54. The first-order chi connectivity index (χ1) is 9.31. The molecule has 1 saturated carbocycles. The molecule has 0 atom stereocenters. The molecule has 3 rings (SSSR count). The number of ether oxygens (including phenoxy) is 1. The molecule has 1 saturated heterocycles. The Labute approximate surface area is 114 Å². The van der Waals surface area contributed by atoms with Crippen LogP contribution in [0, 0.1) is 16.7 Å². The predicted molar refractivity (Wildman–Crippen MR) is 75.3 cm³/mol. The van der Waals surface area contributed by atoms with Crippen LogP contribution >= 0.6 is 0 Å². The number of anilines is 1. The Hall–Kier alpha value is -1.69. The smallest absolute Gasteiger partial charge is 0.174 e. The van der Waals surface area contributed by atoms with Crippen molar-refractivity contribution in [1.29, 1.82) is 5.26 Å². The molecule has 0 bridgehead atoms. The molecule has 1 aromatic rings. The van der Waals surface area contributed by atoms with E-state index < -0.39 is 0 Å². The molecule has 1 heterocycles. The second-order valence-electron chi connectivity index (χ2n) is 5.86. The minimum absolute atomic E-state index is 0.117. The van der Waals surface area contributed by atoms with E-state index in [0.717, 1.165) is 5.75 Å². The number of hydrogen-bond donors (Lipinski definition) is 0. The average Bonchev–Trinajstić information content (AvgIpc) is 2.44. The zero-order valence-electron chi connectivity index (χ0n) is 11.3. The van der Waals surface area contributed by atoms with Gasteiger partial charge in [-0.15, -0.1) is 0 Å². The van der Waals surface area contributed by atoms with Gasteiger partial charge in [0.05, 0.1) is 0 Å². The molecule has 100 valence electrons. The van der Waals surface area contributed by atoms with Crippen molar-refractivity contribution in [2.24, 2.45) is 5.41 Å². The van der Waals surface area contributed by atoms with Gasteiger partial charge in [0.1, 0.15) is 11.8 Å². The van der Waals surface area contributed by atoms with Gasteiger partial charge in [0.25, 0.3) is 0 Å². The van der Waals surface area contributed by atoms with Crippen molar-refractivity contribution in [3.05, 3.63) is 24.3 Å². The third kappa shape index (κ3) is 2.53. The molecule has 0 unspecified atom stereocenters. The zero-order chi connectivity index (χ0) is 13.1. The van der Waals surface area contributed by atoms with Crippen LogP contribution in [0.3, 0.4) is 0 Å². The summed E-state index contributed by atoms with van der Waals surface area (Å²) in [7, 11) is 0. The van der Waals surface area contributed by atoms with Crippen molar-refractivity contribution < 1.29 is 4.74 Å². The lowest BCUT2D eigenvalue weighted by Gasteiger charge is -2.53. The minimum atomic E-state index is 0.117. The maximum absolute atomic E-state index is 8.48. The second kappa shape index (κ2) is 5.13. The van der Waals surface area contributed by atoms with Crippen LogP contribution in [0.1, 0.15) is 32.1 Å². The fraction of sp³-hybridized carbons (Fsp3) is 0.562. The van der Waals surface area contributed by atoms with Gasteiger partial charge >= 0.3 is 0 Å². The predicted octanol–water partition coefficient (Wildman–Crippen LogP) is 3.36. The van der Waals surface area contributed by atoms with Gasteiger partial charge in [-0.25, -0.2) is 0 Å². The molecule has 0 aromatic heterocycles. The van der Waals surface area contributed by atoms with Crippen LogP contribution in [0.2, 0.25) is 0 Å². The summed E-state index contributed by atoms with van der Waals surface area (Å²) in [5, 5.41) is 8.48. The maximum atomic E-state index is 8.48. The molecule has 1 spiro atoms. The quantitative estimate of drug-likeness (QED) is 0.832. The lowest BCUT2D eigenvalue weighted by molar-refractivity contribution is 0.139. The SMILES string of the molecule is N#CCOc1ccc(N2CC3(CCCCC3)C2)cc1. The van der Waals surface area contributed by atoms with E-state index in [-0.39, 0.29) is 6.61 Å². The normalized spacial score (nSPS) is 20.7. The van der Waals surface area contributed by atoms with E-state index in [2.05, 4.69) is 17.0 Å². The van der Waals surface area contributed by atoms with Crippen LogP contribution in [-0.4, -0.2) is 19.7 Å². The molecule has 3 nitrogen and oxygen atoms in total. The third-order valence-electron chi connectivity index (χ3n) is 4.47. The molecule has 1 aliphatic carbocycles. The first-order valence-corrected chi connectivity index (χ1v) is 7.16. The van der Waals surface area contributed by atoms with Gasteiger partial charge in [-0.05, 0) is 37.1 Å². The molecule has 0 amide bonds. The maximum Gasteiger partial charge on any atom is 0.174 e. The molecular formula is C16H20N2O. The van der Waals surface area contributed by atoms with E-state index in [1.807, 2.05) is 18.2 Å². The van der Waals surface area contributed by atoms with Gasteiger partial charge in [0, 0.05) is 24.2 Å². The summed E-state index contributed by atoms with van der Waals surface area (Å²) in [5.41, 5.74) is 1.90. The van der Waals surface area contributed by atoms with Gasteiger partial charge in [0.15, 0.2) is 6.61 Å². The number of benzene rings is 1. The van der Waals surface area contributed by atoms with E-state index in [1.165, 1.54) is 50.9 Å². The minimum Gasteiger partial charge on any atom is -0.479 e. The standard InChI is InChI=1S/C16H20N2O/c17-10-11-19-15-6-4-14(5-7-15)18-12-16(13-18)8-2-1-3-9-16/h4-7H,1-3,8-9,11-13H2. The van der Waals surface area contributed by atoms with E-state index in [0.29, 0.717) is 5.41 Å². The second-order valence-corrected chi connectivity index (χ2v) is 5.86. The highest BCUT2D eigenvalue weighted by atomic mass is 16.5. The van der Waals surface area contributed by atoms with Crippen molar-refractivity contribution in [2.45, 2.75) is 32.1 Å². The number of hydrogen-bond acceptors (Lipinski definition) is 3. The fourth-order valence-electron chi connectivity index (χ4n) is 3.43. The Balaban J connectivity index is 1.58. The van der Waals surface area contributed by atoms with E-state index in [4.69, 9.17) is 10.00 Å². The topological polar surface area (TPSA) is 36.3 Å². The molecule has 1 aliphatic heterocycles. The van der Waals surface area contributed by atoms with Crippen LogP contribution in [0.4, 0.5) is 5.69 Å². The number of nitriles is 1. The van der Waals surface area contributed by atoms with Crippen LogP contribution < -0.4 is 9.64 Å². The fourth-order valence-corrected chi connectivity index (χ4v) is 3.43. The third-order valence-corrected chi connectivity index (χ3v) is 4.47. The largest absolute Gasteiger partial charge is 0.479 e. The monoisotopic (exact) mass is 256 g/mol. The molecule has 0 radical (unpaired) electrons. The van der Waals surface area contributed by atoms with Gasteiger partial charge in [-0.3, -0.25) is 0 Å². The summed E-state index contributed by atoms with van der Waals surface area (Å²) in [6.07, 6.45) is 7.07. The summed E-state index contributed by atoms with van der Waals surface area (Å²) in [6, 6.07) is 10.1. The van der Waals surface area contributed by atoms with Crippen LogP contribution in [0.25, 0.3) is 0 Å². The van der Waals surface area contributed by atoms with Crippen LogP contribution in [-0.2, 0) is 0 Å². The Bertz CT molecular complexity index is 461. The van der Waals surface area contributed by atoms with Crippen molar-refractivity contribution >= 4 is 5.69 Å². The average molecular weight is 256 g/mol. The van der Waals surface area contributed by atoms with Crippen molar-refractivity contribution in [3.63, 3.8) is 0 Å². The highest BCUT2D eigenvalue weighted by Gasteiger charge is 2.43. The Morgan fingerprint density at radius 1 is 1.11 bits per heavy atom. The first-order valence-electron chi connectivity index (χ1n) is 7.16. The Morgan fingerprint density at radius 2 is 1.79 bits per heavy atom. The summed E-state index contributed by atoms with van der Waals surface area (Å²) < 4.78 is 5.27. The van der Waals surface area contributed by atoms with Crippen LogP contribution in [0.15, 0.2) is 24.3 Å². The van der Waals surface area contributed by atoms with E-state index in [1.54, 1.807) is 0 Å². The van der Waals surface area contributed by atoms with Gasteiger partial charge < -0.3 is 9.64 Å². The highest BCUT2D eigenvalue weighted by molar-refractivity contribution is 5.52. The number of nitrogens with zero attached hydrogens (tertiary/aromatic N) is 2. The lowest BCUT2D eigenvalue weighted by atomic mass is 9.68. The van der Waals surface area contributed by atoms with Crippen molar-refractivity contribution in [3.8, 4) is 11.8 Å². The number of rotatable bonds is 3. The highest BCUT2D eigenvalue weighted by Crippen LogP contribution is 2.45. The molecule has 2 fully saturated rings. The Kier molecular flexibility index (Phi) is 3.33. The molecule has 3 heteroatoms. The zero-order valence-corrected chi connectivity index (χ0v) is 11.3. The van der Waals surface area contributed by atoms with Crippen LogP contribution in [0.5, 0.6) is 5.75 Å². The van der Waals surface area contributed by atoms with E-state index in [9.17, 15) is 0 Å². The molecule has 2 aliphatic rings. The Morgan fingerprint density at radius 3 is 2.42 bits per heavy atom. The van der Waals surface area contributed by atoms with Crippen molar-refractivity contribution in [1.82, 2.24) is 0 Å². The molecule has 19 heavy (non-hydrogen) atoms. The van der Waals surface area contributed by atoms with Gasteiger partial charge in [0.2, 0.25) is 0 Å². The van der Waals surface area contributed by atoms with Gasteiger partial charge in [-0.2, -0.15) is 5.26 Å². The van der Waals surface area contributed by atoms with E-state index >= 15 is 0 Å². The summed E-state index contributed by atoms with van der Waals surface area (Å²) >= 11 is 0. The molecular weight excluding hydrogens is 236 g/mol. The first kappa shape index (κ1) is 12.3. The van der Waals surface area contributed by atoms with Gasteiger partial charge in [-0.1, -0.05) is 19.3 Å². The summed E-state index contributed by atoms with van der Waals surface area (Å²) in [4.78, 5) is 2.46. The molecule has 0 N–H and O–H groups in total. The lowest BCUT2D eigenvalue weighted by Crippen LogP contribution is -2.57. The summed E-state index contributed by atoms with van der Waals surface area (Å²) in [5.74, 6) is 0.776. The molecule has 1 aromatic carbocycles.